The molecule has 1 unspecified atom stereocenters. The van der Waals surface area contributed by atoms with Crippen molar-refractivity contribution in [1.82, 2.24) is 19.6 Å². The molecule has 1 N–H and O–H groups in total. The van der Waals surface area contributed by atoms with Gasteiger partial charge in [0.2, 0.25) is 5.91 Å². The number of nitrogens with zero attached hydrogens (tertiary/aromatic N) is 5. The van der Waals surface area contributed by atoms with Gasteiger partial charge >= 0.3 is 5.82 Å². The van der Waals surface area contributed by atoms with Crippen LogP contribution in [0.4, 0.5) is 11.5 Å². The predicted octanol–water partition coefficient (Wildman–Crippen LogP) is 3.27. The van der Waals surface area contributed by atoms with Crippen molar-refractivity contribution in [1.29, 1.82) is 0 Å². The number of hydrogen-bond donors (Lipinski definition) is 1. The zero-order valence-corrected chi connectivity index (χ0v) is 16.1. The number of halogens is 1. The zero-order chi connectivity index (χ0) is 20.3. The summed E-state index contributed by atoms with van der Waals surface area (Å²) in [5, 5.41) is 22.4. The SMILES string of the molecule is Cc1cc([N+](=O)[O-])nn1CC(C)C(=O)Nc1cnn(Cc2ccc(Cl)cc2)c1. The van der Waals surface area contributed by atoms with Gasteiger partial charge in [-0.2, -0.15) is 9.78 Å². The van der Waals surface area contributed by atoms with Crippen molar-refractivity contribution >= 4 is 29.0 Å². The molecular formula is C18H19ClN6O3. The highest BCUT2D eigenvalue weighted by molar-refractivity contribution is 6.30. The first-order chi connectivity index (χ1) is 13.3. The molecule has 146 valence electrons. The fourth-order valence-corrected chi connectivity index (χ4v) is 2.79. The number of amides is 1. The molecule has 0 aliphatic heterocycles. The number of carbonyl (C=O) groups excluding carboxylic acids is 1. The highest BCUT2D eigenvalue weighted by Gasteiger charge is 2.21. The molecule has 0 aliphatic carbocycles. The molecule has 0 fully saturated rings. The Bertz CT molecular complexity index is 995. The summed E-state index contributed by atoms with van der Waals surface area (Å²) < 4.78 is 3.18. The molecule has 1 atom stereocenters. The second-order valence-corrected chi connectivity index (χ2v) is 6.96. The van der Waals surface area contributed by atoms with Crippen molar-refractivity contribution in [3.63, 3.8) is 0 Å². The lowest BCUT2D eigenvalue weighted by Gasteiger charge is -2.10. The van der Waals surface area contributed by atoms with Gasteiger partial charge in [-0.1, -0.05) is 30.7 Å². The second-order valence-electron chi connectivity index (χ2n) is 6.53. The van der Waals surface area contributed by atoms with E-state index in [0.717, 1.165) is 5.56 Å². The van der Waals surface area contributed by atoms with Gasteiger partial charge in [0.05, 0.1) is 47.8 Å². The van der Waals surface area contributed by atoms with Crippen LogP contribution in [0.2, 0.25) is 5.02 Å². The molecule has 2 heterocycles. The van der Waals surface area contributed by atoms with E-state index in [-0.39, 0.29) is 18.3 Å². The Morgan fingerprint density at radius 3 is 2.71 bits per heavy atom. The van der Waals surface area contributed by atoms with Crippen LogP contribution >= 0.6 is 11.6 Å². The summed E-state index contributed by atoms with van der Waals surface area (Å²) in [6, 6.07) is 8.83. The van der Waals surface area contributed by atoms with E-state index in [0.29, 0.717) is 22.9 Å². The fraction of sp³-hybridized carbons (Fsp3) is 0.278. The molecule has 0 bridgehead atoms. The van der Waals surface area contributed by atoms with E-state index in [2.05, 4.69) is 15.5 Å². The molecule has 10 heteroatoms. The van der Waals surface area contributed by atoms with Crippen LogP contribution in [-0.2, 0) is 17.9 Å². The topological polar surface area (TPSA) is 108 Å². The van der Waals surface area contributed by atoms with Crippen molar-refractivity contribution in [2.24, 2.45) is 5.92 Å². The summed E-state index contributed by atoms with van der Waals surface area (Å²) in [6.45, 7) is 4.25. The second kappa shape index (κ2) is 8.22. The molecule has 0 saturated heterocycles. The van der Waals surface area contributed by atoms with Crippen molar-refractivity contribution in [2.45, 2.75) is 26.9 Å². The Morgan fingerprint density at radius 1 is 1.36 bits per heavy atom. The van der Waals surface area contributed by atoms with Crippen LogP contribution < -0.4 is 5.32 Å². The first-order valence-electron chi connectivity index (χ1n) is 8.58. The van der Waals surface area contributed by atoms with Gasteiger partial charge in [0, 0.05) is 11.2 Å². The highest BCUT2D eigenvalue weighted by Crippen LogP contribution is 2.15. The molecule has 1 amide bonds. The minimum atomic E-state index is -0.552. The summed E-state index contributed by atoms with van der Waals surface area (Å²) in [5.74, 6) is -0.880. The monoisotopic (exact) mass is 402 g/mol. The molecule has 1 aromatic carbocycles. The number of rotatable bonds is 7. The van der Waals surface area contributed by atoms with Gasteiger partial charge in [0.25, 0.3) is 0 Å². The quantitative estimate of drug-likeness (QED) is 0.482. The lowest BCUT2D eigenvalue weighted by Crippen LogP contribution is -2.25. The third-order valence-corrected chi connectivity index (χ3v) is 4.46. The van der Waals surface area contributed by atoms with Gasteiger partial charge in [0.1, 0.15) is 0 Å². The number of benzene rings is 1. The molecule has 28 heavy (non-hydrogen) atoms. The fourth-order valence-electron chi connectivity index (χ4n) is 2.67. The van der Waals surface area contributed by atoms with Crippen LogP contribution in [0.1, 0.15) is 18.2 Å². The van der Waals surface area contributed by atoms with Crippen LogP contribution in [0, 0.1) is 23.0 Å². The smallest absolute Gasteiger partial charge is 0.358 e. The standard InChI is InChI=1S/C18H19ClN6O3/c1-12(9-24-13(2)7-17(22-24)25(27)28)18(26)21-16-8-20-23(11-16)10-14-3-5-15(19)6-4-14/h3-8,11-12H,9-10H2,1-2H3,(H,21,26). The van der Waals surface area contributed by atoms with Crippen LogP contribution in [0.25, 0.3) is 0 Å². The van der Waals surface area contributed by atoms with Gasteiger partial charge in [0.15, 0.2) is 0 Å². The maximum Gasteiger partial charge on any atom is 0.390 e. The lowest BCUT2D eigenvalue weighted by molar-refractivity contribution is -0.389. The van der Waals surface area contributed by atoms with Crippen LogP contribution in [0.15, 0.2) is 42.7 Å². The third kappa shape index (κ3) is 4.74. The Morgan fingerprint density at radius 2 is 2.07 bits per heavy atom. The van der Waals surface area contributed by atoms with E-state index >= 15 is 0 Å². The number of carbonyl (C=O) groups is 1. The van der Waals surface area contributed by atoms with E-state index in [1.54, 1.807) is 30.9 Å². The summed E-state index contributed by atoms with van der Waals surface area (Å²) in [7, 11) is 0. The molecule has 3 aromatic rings. The average molecular weight is 403 g/mol. The summed E-state index contributed by atoms with van der Waals surface area (Å²) in [6.07, 6.45) is 3.31. The number of aromatic nitrogens is 4. The zero-order valence-electron chi connectivity index (χ0n) is 15.4. The van der Waals surface area contributed by atoms with Gasteiger partial charge < -0.3 is 15.4 Å². The van der Waals surface area contributed by atoms with Gasteiger partial charge in [-0.15, -0.1) is 0 Å². The van der Waals surface area contributed by atoms with E-state index < -0.39 is 10.8 Å². The number of aryl methyl sites for hydroxylation is 1. The Balaban J connectivity index is 1.59. The average Bonchev–Trinajstić information content (AvgIpc) is 3.24. The van der Waals surface area contributed by atoms with E-state index in [4.69, 9.17) is 11.6 Å². The van der Waals surface area contributed by atoms with Crippen molar-refractivity contribution in [3.8, 4) is 0 Å². The third-order valence-electron chi connectivity index (χ3n) is 4.21. The molecule has 0 radical (unpaired) electrons. The van der Waals surface area contributed by atoms with Crippen molar-refractivity contribution in [3.05, 3.63) is 69.1 Å². The Kier molecular flexibility index (Phi) is 5.74. The Labute approximate surface area is 166 Å². The molecule has 9 nitrogen and oxygen atoms in total. The highest BCUT2D eigenvalue weighted by atomic mass is 35.5. The van der Waals surface area contributed by atoms with E-state index in [1.807, 2.05) is 24.3 Å². The molecule has 0 saturated carbocycles. The number of anilines is 1. The van der Waals surface area contributed by atoms with Crippen LogP contribution in [-0.4, -0.2) is 30.4 Å². The molecule has 0 aliphatic rings. The first kappa shape index (κ1) is 19.6. The van der Waals surface area contributed by atoms with Crippen LogP contribution in [0.3, 0.4) is 0 Å². The first-order valence-corrected chi connectivity index (χ1v) is 8.96. The van der Waals surface area contributed by atoms with E-state index in [1.165, 1.54) is 10.7 Å². The number of hydrogen-bond acceptors (Lipinski definition) is 5. The largest absolute Gasteiger partial charge is 0.390 e. The number of nitrogens with one attached hydrogen (secondary N) is 1. The minimum absolute atomic E-state index is 0.219. The van der Waals surface area contributed by atoms with Gasteiger partial charge in [-0.3, -0.25) is 9.48 Å². The normalized spacial score (nSPS) is 12.0. The van der Waals surface area contributed by atoms with Crippen molar-refractivity contribution < 1.29 is 9.72 Å². The maximum absolute atomic E-state index is 12.4. The van der Waals surface area contributed by atoms with Gasteiger partial charge in [-0.05, 0) is 29.5 Å². The summed E-state index contributed by atoms with van der Waals surface area (Å²) >= 11 is 5.88. The summed E-state index contributed by atoms with van der Waals surface area (Å²) in [5.41, 5.74) is 2.24. The van der Waals surface area contributed by atoms with Gasteiger partial charge in [-0.25, -0.2) is 0 Å². The lowest BCUT2D eigenvalue weighted by atomic mass is 10.1. The molecule has 0 spiro atoms. The number of nitro groups is 1. The van der Waals surface area contributed by atoms with Crippen molar-refractivity contribution in [2.75, 3.05) is 5.32 Å². The molecular weight excluding hydrogens is 384 g/mol. The Hall–Kier alpha value is -3.20. The minimum Gasteiger partial charge on any atom is -0.358 e. The summed E-state index contributed by atoms with van der Waals surface area (Å²) in [4.78, 5) is 22.7. The van der Waals surface area contributed by atoms with E-state index in [9.17, 15) is 14.9 Å². The van der Waals surface area contributed by atoms with Crippen LogP contribution in [0.5, 0.6) is 0 Å². The molecule has 3 rings (SSSR count). The molecule has 2 aromatic heterocycles. The predicted molar refractivity (Wildman–Crippen MR) is 104 cm³/mol. The maximum atomic E-state index is 12.4.